The molecule has 0 aliphatic rings. The molecular formula is C6H5F3N2O. The second kappa shape index (κ2) is 2.88. The molecule has 0 aliphatic heterocycles. The van der Waals surface area contributed by atoms with E-state index in [0.29, 0.717) is 0 Å². The zero-order valence-corrected chi connectivity index (χ0v) is 5.77. The highest BCUT2D eigenvalue weighted by atomic mass is 19.4. The quantitative estimate of drug-likeness (QED) is 0.672. The number of anilines is 1. The first kappa shape index (κ1) is 8.63. The second-order valence-electron chi connectivity index (χ2n) is 2.05. The lowest BCUT2D eigenvalue weighted by Crippen LogP contribution is -2.29. The van der Waals surface area contributed by atoms with Crippen molar-refractivity contribution in [3.63, 3.8) is 0 Å². The zero-order valence-electron chi connectivity index (χ0n) is 5.77. The van der Waals surface area contributed by atoms with Crippen molar-refractivity contribution in [2.24, 2.45) is 0 Å². The summed E-state index contributed by atoms with van der Waals surface area (Å²) in [6.45, 7) is 0. The molecule has 0 bridgehead atoms. The highest BCUT2D eigenvalue weighted by Gasteiger charge is 2.38. The van der Waals surface area contributed by atoms with Gasteiger partial charge in [-0.1, -0.05) is 0 Å². The molecule has 12 heavy (non-hydrogen) atoms. The van der Waals surface area contributed by atoms with Crippen molar-refractivity contribution in [3.8, 4) is 0 Å². The van der Waals surface area contributed by atoms with Gasteiger partial charge in [0.05, 0.1) is 5.69 Å². The number of alkyl halides is 3. The molecule has 1 heterocycles. The van der Waals surface area contributed by atoms with Gasteiger partial charge in [0.15, 0.2) is 0 Å². The van der Waals surface area contributed by atoms with Gasteiger partial charge in [-0.2, -0.15) is 13.2 Å². The van der Waals surface area contributed by atoms with Crippen LogP contribution < -0.4 is 5.32 Å². The van der Waals surface area contributed by atoms with E-state index in [1.807, 2.05) is 0 Å². The number of nitrogens with one attached hydrogen (secondary N) is 2. The number of aromatic nitrogens is 1. The third kappa shape index (κ3) is 2.01. The summed E-state index contributed by atoms with van der Waals surface area (Å²) in [5.41, 5.74) is 0.0947. The molecule has 1 aromatic heterocycles. The van der Waals surface area contributed by atoms with Crippen LogP contribution in [0.5, 0.6) is 0 Å². The molecule has 0 saturated carbocycles. The lowest BCUT2D eigenvalue weighted by Gasteiger charge is -2.04. The van der Waals surface area contributed by atoms with Crippen LogP contribution in [-0.2, 0) is 4.79 Å². The summed E-state index contributed by atoms with van der Waals surface area (Å²) in [4.78, 5) is 12.8. The molecule has 0 saturated heterocycles. The van der Waals surface area contributed by atoms with Gasteiger partial charge in [0.25, 0.3) is 0 Å². The minimum Gasteiger partial charge on any atom is -0.366 e. The number of rotatable bonds is 1. The molecule has 0 fully saturated rings. The Hall–Kier alpha value is -1.46. The lowest BCUT2D eigenvalue weighted by molar-refractivity contribution is -0.167. The fraction of sp³-hybridized carbons (Fsp3) is 0.167. The number of aromatic amines is 1. The number of amides is 1. The number of carbonyl (C=O) groups is 1. The van der Waals surface area contributed by atoms with Crippen molar-refractivity contribution in [1.82, 2.24) is 4.98 Å². The lowest BCUT2D eigenvalue weighted by atomic mass is 10.5. The van der Waals surface area contributed by atoms with E-state index in [-0.39, 0.29) is 5.69 Å². The molecule has 66 valence electrons. The van der Waals surface area contributed by atoms with Gasteiger partial charge in [-0.15, -0.1) is 0 Å². The van der Waals surface area contributed by atoms with Crippen LogP contribution in [0.4, 0.5) is 18.9 Å². The van der Waals surface area contributed by atoms with E-state index in [9.17, 15) is 18.0 Å². The van der Waals surface area contributed by atoms with E-state index in [1.54, 1.807) is 5.32 Å². The summed E-state index contributed by atoms with van der Waals surface area (Å²) in [5, 5.41) is 1.67. The Morgan fingerprint density at radius 2 is 2.17 bits per heavy atom. The predicted molar refractivity (Wildman–Crippen MR) is 35.5 cm³/mol. The monoisotopic (exact) mass is 178 g/mol. The molecule has 3 nitrogen and oxygen atoms in total. The Morgan fingerprint density at radius 1 is 1.50 bits per heavy atom. The van der Waals surface area contributed by atoms with Gasteiger partial charge in [-0.25, -0.2) is 0 Å². The second-order valence-corrected chi connectivity index (χ2v) is 2.05. The van der Waals surface area contributed by atoms with Gasteiger partial charge in [-0.05, 0) is 6.07 Å². The molecule has 1 rings (SSSR count). The van der Waals surface area contributed by atoms with E-state index in [2.05, 4.69) is 4.98 Å². The number of H-pyrrole nitrogens is 1. The topological polar surface area (TPSA) is 44.9 Å². The third-order valence-electron chi connectivity index (χ3n) is 1.11. The van der Waals surface area contributed by atoms with Gasteiger partial charge >= 0.3 is 12.1 Å². The van der Waals surface area contributed by atoms with E-state index >= 15 is 0 Å². The molecule has 0 spiro atoms. The van der Waals surface area contributed by atoms with Crippen molar-refractivity contribution >= 4 is 11.6 Å². The van der Waals surface area contributed by atoms with Crippen molar-refractivity contribution in [3.05, 3.63) is 18.5 Å². The van der Waals surface area contributed by atoms with E-state index < -0.39 is 12.1 Å². The summed E-state index contributed by atoms with van der Waals surface area (Å²) >= 11 is 0. The Labute approximate surface area is 65.6 Å². The van der Waals surface area contributed by atoms with Crippen LogP contribution in [-0.4, -0.2) is 17.1 Å². The standard InChI is InChI=1S/C6H5F3N2O/c7-6(8,9)5(12)11-4-1-2-10-3-4/h1-3,10H,(H,11,12). The summed E-state index contributed by atoms with van der Waals surface area (Å²) in [7, 11) is 0. The van der Waals surface area contributed by atoms with Gasteiger partial charge < -0.3 is 10.3 Å². The normalized spacial score (nSPS) is 11.2. The molecule has 0 radical (unpaired) electrons. The van der Waals surface area contributed by atoms with E-state index in [4.69, 9.17) is 0 Å². The molecule has 0 aromatic carbocycles. The van der Waals surface area contributed by atoms with Crippen LogP contribution >= 0.6 is 0 Å². The molecule has 0 aliphatic carbocycles. The molecule has 1 aromatic rings. The first-order valence-electron chi connectivity index (χ1n) is 3.01. The maximum Gasteiger partial charge on any atom is 0.471 e. The van der Waals surface area contributed by atoms with Crippen LogP contribution in [0.15, 0.2) is 18.5 Å². The predicted octanol–water partition coefficient (Wildman–Crippen LogP) is 1.52. The fourth-order valence-electron chi connectivity index (χ4n) is 0.604. The fourth-order valence-corrected chi connectivity index (χ4v) is 0.604. The first-order valence-corrected chi connectivity index (χ1v) is 3.01. The van der Waals surface area contributed by atoms with Gasteiger partial charge in [0.1, 0.15) is 0 Å². The largest absolute Gasteiger partial charge is 0.471 e. The molecular weight excluding hydrogens is 173 g/mol. The van der Waals surface area contributed by atoms with Crippen molar-refractivity contribution in [2.75, 3.05) is 5.32 Å². The molecule has 0 unspecified atom stereocenters. The molecule has 0 atom stereocenters. The Bertz CT molecular complexity index is 265. The van der Waals surface area contributed by atoms with Crippen LogP contribution in [0.1, 0.15) is 0 Å². The van der Waals surface area contributed by atoms with Crippen LogP contribution in [0, 0.1) is 0 Å². The number of hydrogen-bond acceptors (Lipinski definition) is 1. The van der Waals surface area contributed by atoms with Crippen LogP contribution in [0.3, 0.4) is 0 Å². The van der Waals surface area contributed by atoms with E-state index in [0.717, 1.165) is 0 Å². The molecule has 1 amide bonds. The first-order chi connectivity index (χ1) is 5.50. The summed E-state index contributed by atoms with van der Waals surface area (Å²) in [6.07, 6.45) is -2.17. The van der Waals surface area contributed by atoms with Crippen molar-refractivity contribution < 1.29 is 18.0 Å². The van der Waals surface area contributed by atoms with E-state index in [1.165, 1.54) is 18.5 Å². The van der Waals surface area contributed by atoms with Gasteiger partial charge in [-0.3, -0.25) is 4.79 Å². The van der Waals surface area contributed by atoms with Gasteiger partial charge in [0.2, 0.25) is 0 Å². The maximum atomic E-state index is 11.6. The Balaban J connectivity index is 2.60. The van der Waals surface area contributed by atoms with Crippen LogP contribution in [0.2, 0.25) is 0 Å². The average Bonchev–Trinajstić information content (AvgIpc) is 2.37. The van der Waals surface area contributed by atoms with Crippen molar-refractivity contribution in [1.29, 1.82) is 0 Å². The molecule has 6 heteroatoms. The maximum absolute atomic E-state index is 11.6. The molecule has 2 N–H and O–H groups in total. The highest BCUT2D eigenvalue weighted by Crippen LogP contribution is 2.17. The SMILES string of the molecule is O=C(Nc1cc[nH]c1)C(F)(F)F. The number of halogens is 3. The van der Waals surface area contributed by atoms with Crippen molar-refractivity contribution in [2.45, 2.75) is 6.18 Å². The summed E-state index contributed by atoms with van der Waals surface area (Å²) in [6, 6.07) is 1.32. The Kier molecular flexibility index (Phi) is 2.07. The Morgan fingerprint density at radius 3 is 2.58 bits per heavy atom. The summed E-state index contributed by atoms with van der Waals surface area (Å²) < 4.78 is 34.9. The summed E-state index contributed by atoms with van der Waals surface area (Å²) in [5.74, 6) is -1.97. The van der Waals surface area contributed by atoms with Crippen LogP contribution in [0.25, 0.3) is 0 Å². The highest BCUT2D eigenvalue weighted by molar-refractivity contribution is 5.94. The smallest absolute Gasteiger partial charge is 0.366 e. The number of carbonyl (C=O) groups excluding carboxylic acids is 1. The minimum absolute atomic E-state index is 0.0947. The third-order valence-corrected chi connectivity index (χ3v) is 1.11. The number of hydrogen-bond donors (Lipinski definition) is 2. The zero-order chi connectivity index (χ0) is 9.19. The van der Waals surface area contributed by atoms with Gasteiger partial charge in [0, 0.05) is 12.4 Å². The average molecular weight is 178 g/mol. The minimum atomic E-state index is -4.84.